The van der Waals surface area contributed by atoms with E-state index in [9.17, 15) is 14.7 Å². The van der Waals surface area contributed by atoms with Crippen LogP contribution in [-0.4, -0.2) is 28.6 Å². The van der Waals surface area contributed by atoms with Crippen molar-refractivity contribution in [1.29, 1.82) is 0 Å². The van der Waals surface area contributed by atoms with Gasteiger partial charge in [-0.1, -0.05) is 6.92 Å². The van der Waals surface area contributed by atoms with Crippen molar-refractivity contribution in [2.45, 2.75) is 90.3 Å². The van der Waals surface area contributed by atoms with Gasteiger partial charge in [-0.05, 0) is 81.5 Å². The third-order valence-electron chi connectivity index (χ3n) is 8.85. The van der Waals surface area contributed by atoms with Crippen LogP contribution in [0.1, 0.15) is 78.6 Å². The van der Waals surface area contributed by atoms with Crippen molar-refractivity contribution in [2.75, 3.05) is 0 Å². The summed E-state index contributed by atoms with van der Waals surface area (Å²) < 4.78 is 5.51. The van der Waals surface area contributed by atoms with E-state index in [-0.39, 0.29) is 29.2 Å². The van der Waals surface area contributed by atoms with Crippen molar-refractivity contribution >= 4 is 11.8 Å². The van der Waals surface area contributed by atoms with Gasteiger partial charge in [0.2, 0.25) is 0 Å². The molecule has 0 saturated heterocycles. The van der Waals surface area contributed by atoms with Crippen LogP contribution in [0.3, 0.4) is 0 Å². The van der Waals surface area contributed by atoms with Gasteiger partial charge in [0.05, 0.1) is 11.0 Å². The maximum atomic E-state index is 12.5. The lowest BCUT2D eigenvalue weighted by molar-refractivity contribution is -0.203. The van der Waals surface area contributed by atoms with Gasteiger partial charge in [0.25, 0.3) is 0 Å². The number of ketones is 1. The molecule has 7 unspecified atom stereocenters. The number of hydrogen-bond acceptors (Lipinski definition) is 4. The minimum Gasteiger partial charge on any atom is -0.463 e. The van der Waals surface area contributed by atoms with Crippen LogP contribution in [0.25, 0.3) is 0 Å². The van der Waals surface area contributed by atoms with E-state index < -0.39 is 11.0 Å². The Bertz CT molecular complexity index is 601. The number of carbonyl (C=O) groups is 2. The maximum Gasteiger partial charge on any atom is 0.302 e. The normalized spacial score (nSPS) is 52.1. The predicted molar refractivity (Wildman–Crippen MR) is 93.7 cm³/mol. The van der Waals surface area contributed by atoms with Crippen LogP contribution in [-0.2, 0) is 14.3 Å². The molecule has 0 radical (unpaired) electrons. The second kappa shape index (κ2) is 5.55. The number of ether oxygens (including phenoxy) is 1. The van der Waals surface area contributed by atoms with Gasteiger partial charge in [0.1, 0.15) is 11.9 Å². The summed E-state index contributed by atoms with van der Waals surface area (Å²) in [5.74, 6) is 1.42. The number of fused-ring (bicyclic) bond motifs is 5. The van der Waals surface area contributed by atoms with Gasteiger partial charge in [-0.2, -0.15) is 0 Å². The molecule has 4 nitrogen and oxygen atoms in total. The topological polar surface area (TPSA) is 63.6 Å². The number of hydrogen-bond donors (Lipinski definition) is 1. The molecular formula is C21H32O4. The van der Waals surface area contributed by atoms with Crippen LogP contribution in [0, 0.1) is 28.6 Å². The predicted octanol–water partition coefficient (Wildman–Crippen LogP) is 3.64. The first kappa shape index (κ1) is 17.5. The van der Waals surface area contributed by atoms with E-state index in [0.717, 1.165) is 44.9 Å². The lowest BCUT2D eigenvalue weighted by Crippen LogP contribution is -2.62. The summed E-state index contributed by atoms with van der Waals surface area (Å²) in [5, 5.41) is 11.6. The lowest BCUT2D eigenvalue weighted by atomic mass is 9.44. The first-order valence-electron chi connectivity index (χ1n) is 10.1. The Morgan fingerprint density at radius 1 is 1.08 bits per heavy atom. The minimum absolute atomic E-state index is 0.0668. The molecule has 25 heavy (non-hydrogen) atoms. The van der Waals surface area contributed by atoms with E-state index in [4.69, 9.17) is 4.74 Å². The molecule has 4 saturated carbocycles. The van der Waals surface area contributed by atoms with Crippen molar-refractivity contribution < 1.29 is 19.4 Å². The molecule has 0 amide bonds. The molecule has 4 aliphatic rings. The molecule has 140 valence electrons. The first-order chi connectivity index (χ1) is 11.7. The van der Waals surface area contributed by atoms with Gasteiger partial charge >= 0.3 is 5.97 Å². The van der Waals surface area contributed by atoms with Crippen LogP contribution in [0.4, 0.5) is 0 Å². The van der Waals surface area contributed by atoms with E-state index in [1.807, 2.05) is 6.92 Å². The lowest BCUT2D eigenvalue weighted by Gasteiger charge is -2.62. The van der Waals surface area contributed by atoms with Crippen molar-refractivity contribution in [1.82, 2.24) is 0 Å². The summed E-state index contributed by atoms with van der Waals surface area (Å²) in [5.41, 5.74) is -1.11. The van der Waals surface area contributed by atoms with Crippen molar-refractivity contribution in [3.63, 3.8) is 0 Å². The highest BCUT2D eigenvalue weighted by molar-refractivity contribution is 5.88. The molecule has 4 heteroatoms. The Labute approximate surface area is 150 Å². The first-order valence-corrected chi connectivity index (χ1v) is 10.1. The molecule has 0 spiro atoms. The Balaban J connectivity index is 1.59. The molecule has 7 atom stereocenters. The van der Waals surface area contributed by atoms with Gasteiger partial charge in [-0.3, -0.25) is 9.59 Å². The van der Waals surface area contributed by atoms with E-state index in [1.54, 1.807) is 0 Å². The fourth-order valence-corrected chi connectivity index (χ4v) is 7.29. The summed E-state index contributed by atoms with van der Waals surface area (Å²) in [7, 11) is 0. The summed E-state index contributed by atoms with van der Waals surface area (Å²) >= 11 is 0. The third-order valence-corrected chi connectivity index (χ3v) is 8.85. The monoisotopic (exact) mass is 348 g/mol. The number of rotatable bonds is 1. The van der Waals surface area contributed by atoms with Gasteiger partial charge < -0.3 is 9.84 Å². The number of esters is 1. The van der Waals surface area contributed by atoms with Gasteiger partial charge in [0.15, 0.2) is 0 Å². The van der Waals surface area contributed by atoms with Crippen LogP contribution < -0.4 is 0 Å². The van der Waals surface area contributed by atoms with E-state index in [0.29, 0.717) is 24.7 Å². The minimum atomic E-state index is -0.798. The largest absolute Gasteiger partial charge is 0.463 e. The average Bonchev–Trinajstić information content (AvgIpc) is 2.79. The van der Waals surface area contributed by atoms with Gasteiger partial charge in [-0.15, -0.1) is 0 Å². The zero-order valence-corrected chi connectivity index (χ0v) is 15.8. The molecule has 0 bridgehead atoms. The maximum absolute atomic E-state index is 12.5. The SMILES string of the molecule is CC(=O)OC1CCC2(C)C(CCC3C2CCC2(C)C(=O)CCC32O)C1. The Hall–Kier alpha value is -0.900. The van der Waals surface area contributed by atoms with Crippen molar-refractivity contribution in [3.05, 3.63) is 0 Å². The highest BCUT2D eigenvalue weighted by atomic mass is 16.5. The Morgan fingerprint density at radius 3 is 2.56 bits per heavy atom. The molecule has 0 aromatic carbocycles. The molecule has 4 rings (SSSR count). The highest BCUT2D eigenvalue weighted by Gasteiger charge is 2.67. The van der Waals surface area contributed by atoms with Crippen molar-refractivity contribution in [3.8, 4) is 0 Å². The van der Waals surface area contributed by atoms with Crippen LogP contribution in [0.5, 0.6) is 0 Å². The van der Waals surface area contributed by atoms with Crippen LogP contribution in [0.15, 0.2) is 0 Å². The standard InChI is InChI=1S/C21H32O4/c1-13(22)25-15-6-9-19(2)14(12-15)4-5-17-16(19)7-10-20(3)18(23)8-11-21(17,20)24/h14-17,24H,4-12H2,1-3H3. The second-order valence-electron chi connectivity index (χ2n) is 9.72. The average molecular weight is 348 g/mol. The zero-order chi connectivity index (χ0) is 18.0. The molecule has 0 aromatic heterocycles. The summed E-state index contributed by atoms with van der Waals surface area (Å²) in [6.07, 6.45) is 8.22. The number of Topliss-reactive ketones (excluding diaryl/α,β-unsaturated/α-hetero) is 1. The van der Waals surface area contributed by atoms with E-state index in [2.05, 4.69) is 6.92 Å². The quantitative estimate of drug-likeness (QED) is 0.735. The molecular weight excluding hydrogens is 316 g/mol. The molecule has 4 aliphatic carbocycles. The van der Waals surface area contributed by atoms with E-state index >= 15 is 0 Å². The molecule has 0 aliphatic heterocycles. The van der Waals surface area contributed by atoms with Crippen LogP contribution >= 0.6 is 0 Å². The zero-order valence-electron chi connectivity index (χ0n) is 15.8. The second-order valence-corrected chi connectivity index (χ2v) is 9.72. The molecule has 4 fully saturated rings. The number of aliphatic hydroxyl groups is 1. The summed E-state index contributed by atoms with van der Waals surface area (Å²) in [4.78, 5) is 23.8. The Morgan fingerprint density at radius 2 is 1.84 bits per heavy atom. The summed E-state index contributed by atoms with van der Waals surface area (Å²) in [6, 6.07) is 0. The van der Waals surface area contributed by atoms with Crippen LogP contribution in [0.2, 0.25) is 0 Å². The molecule has 0 heterocycles. The van der Waals surface area contributed by atoms with Crippen molar-refractivity contribution in [2.24, 2.45) is 28.6 Å². The van der Waals surface area contributed by atoms with Gasteiger partial charge in [-0.25, -0.2) is 0 Å². The summed E-state index contributed by atoms with van der Waals surface area (Å²) in [6.45, 7) is 5.92. The highest BCUT2D eigenvalue weighted by Crippen LogP contribution is 2.66. The fraction of sp³-hybridized carbons (Fsp3) is 0.905. The molecule has 0 aromatic rings. The van der Waals surface area contributed by atoms with Gasteiger partial charge in [0, 0.05) is 13.3 Å². The smallest absolute Gasteiger partial charge is 0.302 e. The van der Waals surface area contributed by atoms with E-state index in [1.165, 1.54) is 6.92 Å². The molecule has 1 N–H and O–H groups in total. The Kier molecular flexibility index (Phi) is 3.89. The fourth-order valence-electron chi connectivity index (χ4n) is 7.29. The third kappa shape index (κ3) is 2.28. The number of carbonyl (C=O) groups excluding carboxylic acids is 2.